The number of alkyl carbamates (subject to hydrolysis) is 1. The molecule has 30 heavy (non-hydrogen) atoms. The van der Waals surface area contributed by atoms with E-state index in [-0.39, 0.29) is 18.1 Å². The molecule has 2 aromatic carbocycles. The quantitative estimate of drug-likeness (QED) is 0.189. The van der Waals surface area contributed by atoms with Crippen LogP contribution in [0.4, 0.5) is 10.5 Å². The normalized spacial score (nSPS) is 11.8. The summed E-state index contributed by atoms with van der Waals surface area (Å²) in [6, 6.07) is 14.8. The van der Waals surface area contributed by atoms with Crippen LogP contribution in [0, 0.1) is 0 Å². The Kier molecular flexibility index (Phi) is 8.70. The van der Waals surface area contributed by atoms with Gasteiger partial charge in [-0.3, -0.25) is 5.32 Å². The minimum atomic E-state index is -2.87. The van der Waals surface area contributed by atoms with Crippen molar-refractivity contribution < 1.29 is 33.0 Å². The summed E-state index contributed by atoms with van der Waals surface area (Å²) in [6.45, 7) is -0.467. The number of hydrogen-bond acceptors (Lipinski definition) is 7. The highest BCUT2D eigenvalue weighted by Gasteiger charge is 2.34. The predicted octanol–water partition coefficient (Wildman–Crippen LogP) is 2.29. The Bertz CT molecular complexity index is 920. The van der Waals surface area contributed by atoms with Crippen LogP contribution in [0.25, 0.3) is 0 Å². The van der Waals surface area contributed by atoms with Crippen molar-refractivity contribution in [3.05, 3.63) is 65.7 Å². The van der Waals surface area contributed by atoms with Crippen molar-refractivity contribution >= 4 is 32.0 Å². The van der Waals surface area contributed by atoms with Gasteiger partial charge in [-0.15, -0.1) is 0 Å². The molecular weight excluding hydrogens is 415 g/mol. The van der Waals surface area contributed by atoms with Gasteiger partial charge in [-0.2, -0.15) is 0 Å². The maximum Gasteiger partial charge on any atom is 0.700 e. The summed E-state index contributed by atoms with van der Waals surface area (Å²) in [4.78, 5) is 26.9. The fourth-order valence-corrected chi connectivity index (χ4v) is 2.80. The number of nitrogens with two attached hydrogens (primary N) is 2. The fraction of sp³-hybridized carbons (Fsp3) is 0.167. The average molecular weight is 435 g/mol. The van der Waals surface area contributed by atoms with Gasteiger partial charge in [-0.05, 0) is 23.3 Å². The lowest BCUT2D eigenvalue weighted by atomic mass is 10.1. The highest BCUT2D eigenvalue weighted by atomic mass is 31.1. The predicted molar refractivity (Wildman–Crippen MR) is 107 cm³/mol. The van der Waals surface area contributed by atoms with E-state index in [0.29, 0.717) is 5.69 Å². The molecule has 0 aliphatic heterocycles. The highest BCUT2D eigenvalue weighted by molar-refractivity contribution is 7.33. The lowest BCUT2D eigenvalue weighted by Crippen LogP contribution is -2.25. The Morgan fingerprint density at radius 1 is 1.13 bits per heavy atom. The van der Waals surface area contributed by atoms with Crippen LogP contribution in [0.1, 0.15) is 17.2 Å². The van der Waals surface area contributed by atoms with E-state index in [2.05, 4.69) is 10.3 Å². The number of amides is 1. The van der Waals surface area contributed by atoms with E-state index >= 15 is 0 Å². The number of carboxylic acid groups (broad SMARTS) is 1. The topological polar surface area (TPSA) is 176 Å². The van der Waals surface area contributed by atoms with Crippen LogP contribution < -0.4 is 16.8 Å². The number of carboxylic acids is 1. The number of aliphatic carboxylic acids is 1. The lowest BCUT2D eigenvalue weighted by Gasteiger charge is -2.07. The minimum absolute atomic E-state index is 0.0442. The number of guanidine groups is 1. The molecule has 0 aromatic heterocycles. The Hall–Kier alpha value is -3.53. The molecule has 0 aliphatic rings. The standard InChI is InChI=1S/C18H19N4O7P/c19-17(20)22-14-8-4-7-13(9-14)15(16(23)24)29-30(26)28-11-21-18(25)27-10-12-5-2-1-3-6-12/h1-9,15H,10-11H2,(H5-,19,20,21,22,23,24,25)/p+1. The molecule has 2 aromatic rings. The summed E-state index contributed by atoms with van der Waals surface area (Å²) in [5.74, 6) is -1.61. The number of aliphatic imine (C=N–C) groups is 1. The molecule has 0 radical (unpaired) electrons. The summed E-state index contributed by atoms with van der Waals surface area (Å²) in [5.41, 5.74) is 11.8. The van der Waals surface area contributed by atoms with Crippen LogP contribution in [0.3, 0.4) is 0 Å². The monoisotopic (exact) mass is 435 g/mol. The zero-order chi connectivity index (χ0) is 21.9. The summed E-state index contributed by atoms with van der Waals surface area (Å²) in [6.07, 6.45) is -2.41. The Morgan fingerprint density at radius 3 is 2.53 bits per heavy atom. The van der Waals surface area contributed by atoms with E-state index < -0.39 is 33.2 Å². The average Bonchev–Trinajstić information content (AvgIpc) is 2.71. The summed E-state index contributed by atoms with van der Waals surface area (Å²) in [5, 5.41) is 11.6. The molecule has 0 saturated carbocycles. The molecule has 2 atom stereocenters. The van der Waals surface area contributed by atoms with Crippen molar-refractivity contribution in [2.24, 2.45) is 16.5 Å². The first-order valence-corrected chi connectivity index (χ1v) is 9.58. The molecule has 12 heteroatoms. The number of ether oxygens (including phenoxy) is 1. The van der Waals surface area contributed by atoms with Crippen molar-refractivity contribution in [1.82, 2.24) is 5.32 Å². The number of nitrogens with one attached hydrogen (secondary N) is 1. The van der Waals surface area contributed by atoms with Gasteiger partial charge in [-0.25, -0.2) is 14.6 Å². The van der Waals surface area contributed by atoms with Gasteiger partial charge in [0.05, 0.1) is 5.69 Å². The molecule has 0 saturated heterocycles. The zero-order valence-electron chi connectivity index (χ0n) is 15.6. The first-order chi connectivity index (χ1) is 14.3. The summed E-state index contributed by atoms with van der Waals surface area (Å²) >= 11 is 0. The number of benzene rings is 2. The number of carbonyl (C=O) groups excluding carboxylic acids is 1. The molecule has 11 nitrogen and oxygen atoms in total. The van der Waals surface area contributed by atoms with Gasteiger partial charge in [-0.1, -0.05) is 51.5 Å². The third-order valence-corrected chi connectivity index (χ3v) is 4.17. The van der Waals surface area contributed by atoms with E-state index in [9.17, 15) is 19.3 Å². The molecule has 2 rings (SSSR count). The maximum atomic E-state index is 11.9. The van der Waals surface area contributed by atoms with Gasteiger partial charge in [0.15, 0.2) is 12.7 Å². The molecule has 0 fully saturated rings. The molecule has 0 bridgehead atoms. The molecule has 1 amide bonds. The van der Waals surface area contributed by atoms with E-state index in [1.807, 2.05) is 6.07 Å². The van der Waals surface area contributed by atoms with Crippen LogP contribution in [-0.2, 0) is 29.8 Å². The molecule has 2 unspecified atom stereocenters. The first-order valence-electron chi connectivity index (χ1n) is 8.49. The van der Waals surface area contributed by atoms with Crippen LogP contribution in [-0.4, -0.2) is 29.9 Å². The van der Waals surface area contributed by atoms with E-state index in [1.165, 1.54) is 18.2 Å². The second kappa shape index (κ2) is 11.5. The number of hydrogen-bond donors (Lipinski definition) is 4. The maximum absolute atomic E-state index is 11.9. The number of rotatable bonds is 10. The van der Waals surface area contributed by atoms with Crippen molar-refractivity contribution in [2.45, 2.75) is 12.7 Å². The SMILES string of the molecule is NC(N)=Nc1cccc(C(O[P+](=O)OCNC(=O)OCc2ccccc2)C(=O)O)c1. The van der Waals surface area contributed by atoms with Gasteiger partial charge < -0.3 is 21.3 Å². The van der Waals surface area contributed by atoms with E-state index in [1.54, 1.807) is 30.3 Å². The van der Waals surface area contributed by atoms with Gasteiger partial charge in [0, 0.05) is 4.57 Å². The van der Waals surface area contributed by atoms with Crippen molar-refractivity contribution in [1.29, 1.82) is 0 Å². The first kappa shape index (κ1) is 22.8. The molecule has 158 valence electrons. The molecule has 0 heterocycles. The Labute approximate surface area is 172 Å². The Balaban J connectivity index is 1.83. The van der Waals surface area contributed by atoms with E-state index in [0.717, 1.165) is 5.56 Å². The second-order valence-electron chi connectivity index (χ2n) is 5.69. The summed E-state index contributed by atoms with van der Waals surface area (Å²) < 4.78 is 26.6. The Morgan fingerprint density at radius 2 is 1.87 bits per heavy atom. The smallest absolute Gasteiger partial charge is 0.479 e. The van der Waals surface area contributed by atoms with Gasteiger partial charge in [0.25, 0.3) is 0 Å². The van der Waals surface area contributed by atoms with Gasteiger partial charge in [0.2, 0.25) is 6.10 Å². The molecule has 0 spiro atoms. The van der Waals surface area contributed by atoms with Crippen LogP contribution in [0.15, 0.2) is 59.6 Å². The zero-order valence-corrected chi connectivity index (χ0v) is 16.5. The summed E-state index contributed by atoms with van der Waals surface area (Å²) in [7, 11) is -2.87. The van der Waals surface area contributed by atoms with Gasteiger partial charge in [0.1, 0.15) is 6.61 Å². The third-order valence-electron chi connectivity index (χ3n) is 3.45. The highest BCUT2D eigenvalue weighted by Crippen LogP contribution is 2.34. The minimum Gasteiger partial charge on any atom is -0.479 e. The van der Waals surface area contributed by atoms with E-state index in [4.69, 9.17) is 25.3 Å². The van der Waals surface area contributed by atoms with Gasteiger partial charge >= 0.3 is 20.3 Å². The lowest BCUT2D eigenvalue weighted by molar-refractivity contribution is -0.145. The third kappa shape index (κ3) is 7.84. The second-order valence-corrected chi connectivity index (χ2v) is 6.61. The van der Waals surface area contributed by atoms with Crippen molar-refractivity contribution in [3.63, 3.8) is 0 Å². The molecule has 6 N–H and O–H groups in total. The number of nitrogens with zero attached hydrogens (tertiary/aromatic N) is 1. The van der Waals surface area contributed by atoms with Crippen LogP contribution in [0.5, 0.6) is 0 Å². The molecular formula is C18H20N4O7P+. The largest absolute Gasteiger partial charge is 0.700 e. The van der Waals surface area contributed by atoms with Crippen molar-refractivity contribution in [3.8, 4) is 0 Å². The fourth-order valence-electron chi connectivity index (χ4n) is 2.19. The van der Waals surface area contributed by atoms with Crippen molar-refractivity contribution in [2.75, 3.05) is 6.73 Å². The van der Waals surface area contributed by atoms with Crippen LogP contribution in [0.2, 0.25) is 0 Å². The number of carbonyl (C=O) groups is 2. The molecule has 0 aliphatic carbocycles. The van der Waals surface area contributed by atoms with Crippen LogP contribution >= 0.6 is 8.25 Å².